The highest BCUT2D eigenvalue weighted by molar-refractivity contribution is 5.79. The van der Waals surface area contributed by atoms with Crippen molar-refractivity contribution in [2.24, 2.45) is 5.41 Å². The number of fused-ring (bicyclic) bond motifs is 1. The Hall–Kier alpha value is -1.65. The zero-order chi connectivity index (χ0) is 13.5. The summed E-state index contributed by atoms with van der Waals surface area (Å²) >= 11 is 0. The summed E-state index contributed by atoms with van der Waals surface area (Å²) in [6.07, 6.45) is 0.848. The molecule has 3 nitrogen and oxygen atoms in total. The first kappa shape index (κ1) is 12.8. The predicted octanol–water partition coefficient (Wildman–Crippen LogP) is 3.33. The highest BCUT2D eigenvalue weighted by atomic mass is 19.1. The molecule has 1 heterocycles. The monoisotopic (exact) mass is 253 g/mol. The number of aromatic nitrogens is 2. The molecule has 2 aromatic rings. The lowest BCUT2D eigenvalue weighted by atomic mass is 9.92. The minimum Gasteiger partial charge on any atom is -0.369 e. The third-order valence-corrected chi connectivity index (χ3v) is 2.89. The highest BCUT2D eigenvalue weighted by Gasteiger charge is 2.16. The molecule has 0 spiro atoms. The Labute approximate surface area is 105 Å². The van der Waals surface area contributed by atoms with Crippen LogP contribution >= 0.6 is 0 Å². The van der Waals surface area contributed by atoms with Gasteiger partial charge in [0.1, 0.15) is 11.3 Å². The van der Waals surface area contributed by atoms with E-state index in [4.69, 9.17) is 5.73 Å². The number of nitrogen functional groups attached to an aromatic ring is 1. The number of imidazole rings is 1. The fourth-order valence-electron chi connectivity index (χ4n) is 1.85. The molecule has 98 valence electrons. The van der Waals surface area contributed by atoms with Crippen LogP contribution in [0.5, 0.6) is 0 Å². The van der Waals surface area contributed by atoms with Crippen LogP contribution in [0.25, 0.3) is 11.0 Å². The van der Waals surface area contributed by atoms with Gasteiger partial charge in [-0.2, -0.15) is 0 Å². The largest absolute Gasteiger partial charge is 0.369 e. The molecule has 0 saturated carbocycles. The molecule has 2 rings (SSSR count). The van der Waals surface area contributed by atoms with Gasteiger partial charge in [0.05, 0.1) is 5.52 Å². The van der Waals surface area contributed by atoms with E-state index in [1.165, 1.54) is 6.07 Å². The summed E-state index contributed by atoms with van der Waals surface area (Å²) in [5, 5.41) is 0. The fraction of sp³-hybridized carbons (Fsp3) is 0.462. The van der Waals surface area contributed by atoms with Crippen molar-refractivity contribution in [1.82, 2.24) is 9.55 Å². The zero-order valence-corrected chi connectivity index (χ0v) is 10.8. The van der Waals surface area contributed by atoms with Crippen molar-refractivity contribution >= 4 is 17.0 Å². The SMILES string of the molecule is CC(C)(C)CCn1c(N)nc2c(F)cc(F)cc21. The van der Waals surface area contributed by atoms with Crippen LogP contribution in [-0.2, 0) is 6.54 Å². The molecular weight excluding hydrogens is 236 g/mol. The van der Waals surface area contributed by atoms with E-state index >= 15 is 0 Å². The predicted molar refractivity (Wildman–Crippen MR) is 68.1 cm³/mol. The lowest BCUT2D eigenvalue weighted by Gasteiger charge is -2.18. The molecule has 1 aromatic carbocycles. The fourth-order valence-corrected chi connectivity index (χ4v) is 1.85. The molecule has 0 bridgehead atoms. The normalized spacial score (nSPS) is 12.3. The van der Waals surface area contributed by atoms with Crippen molar-refractivity contribution < 1.29 is 8.78 Å². The summed E-state index contributed by atoms with van der Waals surface area (Å²) in [5.74, 6) is -1.07. The van der Waals surface area contributed by atoms with Crippen molar-refractivity contribution in [1.29, 1.82) is 0 Å². The van der Waals surface area contributed by atoms with Crippen LogP contribution in [0.3, 0.4) is 0 Å². The Morgan fingerprint density at radius 2 is 1.94 bits per heavy atom. The maximum absolute atomic E-state index is 13.5. The molecule has 0 radical (unpaired) electrons. The first-order valence-corrected chi connectivity index (χ1v) is 5.89. The number of nitrogens with zero attached hydrogens (tertiary/aromatic N) is 2. The van der Waals surface area contributed by atoms with Crippen LogP contribution in [0.1, 0.15) is 27.2 Å². The zero-order valence-electron chi connectivity index (χ0n) is 10.8. The lowest BCUT2D eigenvalue weighted by molar-refractivity contribution is 0.354. The number of hydrogen-bond donors (Lipinski definition) is 1. The van der Waals surface area contributed by atoms with E-state index in [9.17, 15) is 8.78 Å². The van der Waals surface area contributed by atoms with E-state index in [1.807, 2.05) is 0 Å². The van der Waals surface area contributed by atoms with Gasteiger partial charge in [0.25, 0.3) is 0 Å². The Kier molecular flexibility index (Phi) is 3.00. The van der Waals surface area contributed by atoms with Crippen molar-refractivity contribution in [2.75, 3.05) is 5.73 Å². The first-order chi connectivity index (χ1) is 8.28. The second-order valence-electron chi connectivity index (χ2n) is 5.69. The maximum atomic E-state index is 13.5. The van der Waals surface area contributed by atoms with Crippen molar-refractivity contribution in [3.8, 4) is 0 Å². The Morgan fingerprint density at radius 3 is 2.56 bits per heavy atom. The van der Waals surface area contributed by atoms with Crippen LogP contribution in [0.4, 0.5) is 14.7 Å². The number of benzene rings is 1. The van der Waals surface area contributed by atoms with E-state index in [2.05, 4.69) is 25.8 Å². The number of rotatable bonds is 2. The molecule has 5 heteroatoms. The smallest absolute Gasteiger partial charge is 0.201 e. The highest BCUT2D eigenvalue weighted by Crippen LogP contribution is 2.25. The average molecular weight is 253 g/mol. The van der Waals surface area contributed by atoms with Gasteiger partial charge >= 0.3 is 0 Å². The molecule has 0 aliphatic carbocycles. The quantitative estimate of drug-likeness (QED) is 0.892. The Bertz CT molecular complexity index is 582. The Balaban J connectivity index is 2.47. The van der Waals surface area contributed by atoms with E-state index in [0.29, 0.717) is 12.1 Å². The maximum Gasteiger partial charge on any atom is 0.201 e. The number of aryl methyl sites for hydroxylation is 1. The van der Waals surface area contributed by atoms with Crippen molar-refractivity contribution in [2.45, 2.75) is 33.7 Å². The molecule has 0 atom stereocenters. The van der Waals surface area contributed by atoms with Crippen molar-refractivity contribution in [3.05, 3.63) is 23.8 Å². The summed E-state index contributed by atoms with van der Waals surface area (Å²) in [5.41, 5.74) is 6.42. The van der Waals surface area contributed by atoms with Crippen LogP contribution in [0.2, 0.25) is 0 Å². The molecule has 18 heavy (non-hydrogen) atoms. The van der Waals surface area contributed by atoms with Crippen molar-refractivity contribution in [3.63, 3.8) is 0 Å². The molecule has 0 amide bonds. The number of halogens is 2. The number of hydrogen-bond acceptors (Lipinski definition) is 2. The minimum absolute atomic E-state index is 0.120. The van der Waals surface area contributed by atoms with E-state index in [1.54, 1.807) is 4.57 Å². The summed E-state index contributed by atoms with van der Waals surface area (Å²) in [6, 6.07) is 2.09. The Morgan fingerprint density at radius 1 is 1.28 bits per heavy atom. The van der Waals surface area contributed by atoms with Crippen LogP contribution < -0.4 is 5.73 Å². The topological polar surface area (TPSA) is 43.8 Å². The van der Waals surface area contributed by atoms with Gasteiger partial charge in [-0.3, -0.25) is 0 Å². The molecule has 0 aliphatic heterocycles. The van der Waals surface area contributed by atoms with E-state index in [-0.39, 0.29) is 16.9 Å². The summed E-state index contributed by atoms with van der Waals surface area (Å²) in [6.45, 7) is 6.89. The second-order valence-corrected chi connectivity index (χ2v) is 5.69. The number of anilines is 1. The van der Waals surface area contributed by atoms with Gasteiger partial charge < -0.3 is 10.3 Å². The summed E-state index contributed by atoms with van der Waals surface area (Å²) < 4.78 is 28.4. The van der Waals surface area contributed by atoms with Gasteiger partial charge in [-0.25, -0.2) is 13.8 Å². The van der Waals surface area contributed by atoms with E-state index < -0.39 is 11.6 Å². The van der Waals surface area contributed by atoms with Gasteiger partial charge in [0.2, 0.25) is 5.95 Å². The van der Waals surface area contributed by atoms with Gasteiger partial charge in [-0.15, -0.1) is 0 Å². The first-order valence-electron chi connectivity index (χ1n) is 5.89. The molecule has 0 aliphatic rings. The third-order valence-electron chi connectivity index (χ3n) is 2.89. The van der Waals surface area contributed by atoms with Gasteiger partial charge in [0.15, 0.2) is 5.82 Å². The molecule has 0 fully saturated rings. The third kappa shape index (κ3) is 2.44. The van der Waals surface area contributed by atoms with E-state index in [0.717, 1.165) is 12.5 Å². The number of nitrogens with two attached hydrogens (primary N) is 1. The molecule has 2 N–H and O–H groups in total. The van der Waals surface area contributed by atoms with Crippen LogP contribution in [0, 0.1) is 17.0 Å². The van der Waals surface area contributed by atoms with Gasteiger partial charge in [-0.05, 0) is 11.8 Å². The van der Waals surface area contributed by atoms with Gasteiger partial charge in [0, 0.05) is 18.7 Å². The van der Waals surface area contributed by atoms with Crippen LogP contribution in [0.15, 0.2) is 12.1 Å². The summed E-state index contributed by atoms with van der Waals surface area (Å²) in [7, 11) is 0. The molecule has 0 unspecified atom stereocenters. The minimum atomic E-state index is -0.675. The van der Waals surface area contributed by atoms with Gasteiger partial charge in [-0.1, -0.05) is 20.8 Å². The molecule has 1 aromatic heterocycles. The lowest BCUT2D eigenvalue weighted by Crippen LogP contribution is -2.12. The molecule has 0 saturated heterocycles. The average Bonchev–Trinajstić information content (AvgIpc) is 2.51. The summed E-state index contributed by atoms with van der Waals surface area (Å²) in [4.78, 5) is 3.95. The standard InChI is InChI=1S/C13H17F2N3/c1-13(2,3)4-5-18-10-7-8(14)6-9(15)11(10)17-12(18)16/h6-7H,4-5H2,1-3H3,(H2,16,17). The second kappa shape index (κ2) is 4.23. The molecular formula is C13H17F2N3. The van der Waals surface area contributed by atoms with Crippen LogP contribution in [-0.4, -0.2) is 9.55 Å².